The molecule has 0 radical (unpaired) electrons. The van der Waals surface area contributed by atoms with Crippen molar-refractivity contribution in [2.75, 3.05) is 0 Å². The summed E-state index contributed by atoms with van der Waals surface area (Å²) in [7, 11) is 0. The number of halogens is 3. The molecule has 1 aromatic heterocycles. The van der Waals surface area contributed by atoms with Gasteiger partial charge in [0, 0.05) is 12.3 Å². The van der Waals surface area contributed by atoms with Crippen molar-refractivity contribution in [3.63, 3.8) is 0 Å². The number of carboxylic acids is 1. The molecule has 0 fully saturated rings. The molecule has 0 aromatic carbocycles. The van der Waals surface area contributed by atoms with Crippen LogP contribution in [0.1, 0.15) is 0 Å². The Morgan fingerprint density at radius 2 is 2.06 bits per heavy atom. The SMILES string of the molecule is C1=Nc2ncccc2[NH2+]1.O=C([O-])C(F)(F)F. The van der Waals surface area contributed by atoms with Crippen LogP contribution in [0, 0.1) is 0 Å². The Balaban J connectivity index is 0.000000168. The number of carbonyl (C=O) groups is 1. The van der Waals surface area contributed by atoms with E-state index in [1.807, 2.05) is 17.4 Å². The quantitative estimate of drug-likeness (QED) is 0.640. The first-order chi connectivity index (χ1) is 7.41. The Morgan fingerprint density at radius 1 is 1.44 bits per heavy atom. The lowest BCUT2D eigenvalue weighted by Gasteiger charge is -2.03. The molecule has 1 aliphatic heterocycles. The van der Waals surface area contributed by atoms with Crippen molar-refractivity contribution in [2.45, 2.75) is 6.18 Å². The van der Waals surface area contributed by atoms with Crippen molar-refractivity contribution in [1.29, 1.82) is 0 Å². The molecule has 0 bridgehead atoms. The van der Waals surface area contributed by atoms with Gasteiger partial charge in [-0.05, 0) is 6.07 Å². The lowest BCUT2D eigenvalue weighted by atomic mass is 10.4. The standard InChI is InChI=1S/C6H5N3.C2HF3O2/c1-2-5-6(7-3-1)9-4-8-5;3-2(4,5)1(6)7/h1-4H,(H,7,8,9);(H,6,7). The summed E-state index contributed by atoms with van der Waals surface area (Å²) in [6.07, 6.45) is -1.69. The largest absolute Gasteiger partial charge is 0.542 e. The number of quaternary nitrogens is 1. The maximum atomic E-state index is 10.5. The summed E-state index contributed by atoms with van der Waals surface area (Å²) in [4.78, 5) is 16.8. The van der Waals surface area contributed by atoms with Crippen molar-refractivity contribution in [1.82, 2.24) is 4.98 Å². The van der Waals surface area contributed by atoms with E-state index in [-0.39, 0.29) is 0 Å². The number of carboxylic acid groups (broad SMARTS) is 1. The smallest absolute Gasteiger partial charge is 0.430 e. The van der Waals surface area contributed by atoms with Crippen molar-refractivity contribution >= 4 is 23.8 Å². The maximum absolute atomic E-state index is 10.5. The number of aromatic nitrogens is 1. The van der Waals surface area contributed by atoms with Crippen molar-refractivity contribution in [3.05, 3.63) is 18.3 Å². The third-order valence-corrected chi connectivity index (χ3v) is 1.50. The normalized spacial score (nSPS) is 12.7. The molecule has 2 rings (SSSR count). The van der Waals surface area contributed by atoms with Gasteiger partial charge in [0.05, 0.1) is 0 Å². The molecule has 0 atom stereocenters. The number of hydrogen-bond donors (Lipinski definition) is 1. The molecule has 1 aliphatic rings. The molecular formula is C8H6F3N3O2. The van der Waals surface area contributed by atoms with Gasteiger partial charge in [0.25, 0.3) is 0 Å². The van der Waals surface area contributed by atoms with Gasteiger partial charge in [-0.1, -0.05) is 0 Å². The van der Waals surface area contributed by atoms with Crippen LogP contribution in [0.2, 0.25) is 0 Å². The number of hydrogen-bond acceptors (Lipinski definition) is 4. The first-order valence-electron chi connectivity index (χ1n) is 4.02. The number of pyridine rings is 1. The molecule has 0 amide bonds. The zero-order chi connectivity index (χ0) is 12.2. The Kier molecular flexibility index (Phi) is 3.56. The first kappa shape index (κ1) is 12.1. The van der Waals surface area contributed by atoms with E-state index in [2.05, 4.69) is 9.98 Å². The Hall–Kier alpha value is -1.96. The fourth-order valence-corrected chi connectivity index (χ4v) is 0.836. The number of fused-ring (bicyclic) bond motifs is 1. The van der Waals surface area contributed by atoms with Crippen molar-refractivity contribution in [3.8, 4) is 0 Å². The summed E-state index contributed by atoms with van der Waals surface area (Å²) in [5.74, 6) is -2.18. The second-order valence-electron chi connectivity index (χ2n) is 2.65. The molecule has 0 spiro atoms. The summed E-state index contributed by atoms with van der Waals surface area (Å²) in [6.45, 7) is 0. The zero-order valence-electron chi connectivity index (χ0n) is 7.73. The van der Waals surface area contributed by atoms with Crippen LogP contribution in [0.3, 0.4) is 0 Å². The van der Waals surface area contributed by atoms with Crippen molar-refractivity contribution in [2.24, 2.45) is 4.99 Å². The van der Waals surface area contributed by atoms with E-state index in [1.165, 1.54) is 0 Å². The monoisotopic (exact) mass is 233 g/mol. The van der Waals surface area contributed by atoms with Crippen LogP contribution in [0.15, 0.2) is 23.3 Å². The van der Waals surface area contributed by atoms with Gasteiger partial charge >= 0.3 is 6.18 Å². The molecule has 5 nitrogen and oxygen atoms in total. The average Bonchev–Trinajstić information content (AvgIpc) is 2.64. The van der Waals surface area contributed by atoms with Gasteiger partial charge in [-0.3, -0.25) is 5.32 Å². The molecule has 0 saturated carbocycles. The van der Waals surface area contributed by atoms with Crippen LogP contribution in [0.25, 0.3) is 0 Å². The number of alkyl halides is 3. The lowest BCUT2D eigenvalue weighted by molar-refractivity contribution is -0.427. The lowest BCUT2D eigenvalue weighted by Crippen LogP contribution is -2.74. The molecule has 2 heterocycles. The highest BCUT2D eigenvalue weighted by molar-refractivity contribution is 5.70. The summed E-state index contributed by atoms with van der Waals surface area (Å²) >= 11 is 0. The fourth-order valence-electron chi connectivity index (χ4n) is 0.836. The predicted octanol–water partition coefficient (Wildman–Crippen LogP) is -0.752. The Bertz CT molecular complexity index is 417. The molecule has 16 heavy (non-hydrogen) atoms. The van der Waals surface area contributed by atoms with Gasteiger partial charge in [-0.15, -0.1) is 0 Å². The minimum absolute atomic E-state index is 0.831. The highest BCUT2D eigenvalue weighted by Crippen LogP contribution is 2.16. The summed E-state index contributed by atoms with van der Waals surface area (Å²) in [5.41, 5.74) is 1.11. The van der Waals surface area contributed by atoms with Crippen LogP contribution in [0.4, 0.5) is 24.7 Å². The number of nitrogens with two attached hydrogens (primary N) is 1. The van der Waals surface area contributed by atoms with Crippen LogP contribution in [0.5, 0.6) is 0 Å². The maximum Gasteiger partial charge on any atom is 0.430 e. The Labute approximate surface area is 87.6 Å². The van der Waals surface area contributed by atoms with E-state index in [0.29, 0.717) is 0 Å². The molecule has 0 unspecified atom stereocenters. The minimum Gasteiger partial charge on any atom is -0.542 e. The first-order valence-corrected chi connectivity index (χ1v) is 4.02. The number of rotatable bonds is 0. The second-order valence-corrected chi connectivity index (χ2v) is 2.65. The molecule has 2 N–H and O–H groups in total. The Morgan fingerprint density at radius 3 is 2.56 bits per heavy atom. The van der Waals surface area contributed by atoms with Gasteiger partial charge in [-0.2, -0.15) is 18.2 Å². The molecule has 0 aliphatic carbocycles. The van der Waals surface area contributed by atoms with E-state index in [1.54, 1.807) is 12.5 Å². The molecule has 0 saturated heterocycles. The van der Waals surface area contributed by atoms with Gasteiger partial charge < -0.3 is 9.90 Å². The fraction of sp³-hybridized carbons (Fsp3) is 0.125. The average molecular weight is 233 g/mol. The molecule has 1 aromatic rings. The predicted molar refractivity (Wildman–Crippen MR) is 45.0 cm³/mol. The third-order valence-electron chi connectivity index (χ3n) is 1.50. The number of carbonyl (C=O) groups excluding carboxylic acids is 1. The second kappa shape index (κ2) is 4.71. The van der Waals surface area contributed by atoms with Crippen LogP contribution in [-0.4, -0.2) is 23.5 Å². The zero-order valence-corrected chi connectivity index (χ0v) is 7.73. The van der Waals surface area contributed by atoms with E-state index >= 15 is 0 Å². The number of nitrogens with zero attached hydrogens (tertiary/aromatic N) is 2. The van der Waals surface area contributed by atoms with E-state index in [0.717, 1.165) is 11.5 Å². The van der Waals surface area contributed by atoms with Gasteiger partial charge in [0.15, 0.2) is 12.0 Å². The number of aliphatic carboxylic acids is 1. The molecule has 8 heteroatoms. The van der Waals surface area contributed by atoms with Crippen LogP contribution >= 0.6 is 0 Å². The highest BCUT2D eigenvalue weighted by atomic mass is 19.4. The number of aliphatic imine (C=N–C) groups is 1. The van der Waals surface area contributed by atoms with E-state index < -0.39 is 12.1 Å². The van der Waals surface area contributed by atoms with Gasteiger partial charge in [-0.25, -0.2) is 4.98 Å². The molecule has 86 valence electrons. The van der Waals surface area contributed by atoms with E-state index in [9.17, 15) is 13.2 Å². The highest BCUT2D eigenvalue weighted by Gasteiger charge is 2.28. The van der Waals surface area contributed by atoms with Gasteiger partial charge in [0.1, 0.15) is 5.97 Å². The van der Waals surface area contributed by atoms with E-state index in [4.69, 9.17) is 9.90 Å². The van der Waals surface area contributed by atoms with Gasteiger partial charge in [0.2, 0.25) is 5.82 Å². The van der Waals surface area contributed by atoms with Crippen LogP contribution in [-0.2, 0) is 4.79 Å². The third kappa shape index (κ3) is 3.31. The summed E-state index contributed by atoms with van der Waals surface area (Å²) in [6, 6.07) is 3.90. The minimum atomic E-state index is -5.19. The van der Waals surface area contributed by atoms with Crippen LogP contribution < -0.4 is 10.4 Å². The summed E-state index contributed by atoms with van der Waals surface area (Å²) < 4.78 is 31.5. The topological polar surface area (TPSA) is 82.0 Å². The van der Waals surface area contributed by atoms with Crippen molar-refractivity contribution < 1.29 is 28.4 Å². The summed E-state index contributed by atoms with van der Waals surface area (Å²) in [5, 5.41) is 10.7. The molecular weight excluding hydrogens is 227 g/mol.